The molecule has 0 unspecified atom stereocenters. The van der Waals surface area contributed by atoms with Crippen molar-refractivity contribution in [3.63, 3.8) is 0 Å². The van der Waals surface area contributed by atoms with Crippen molar-refractivity contribution >= 4 is 16.6 Å². The van der Waals surface area contributed by atoms with Crippen molar-refractivity contribution < 1.29 is 0 Å². The Morgan fingerprint density at radius 1 is 1.20 bits per heavy atom. The Labute approximate surface area is 58.7 Å². The minimum absolute atomic E-state index is 0.496. The first-order valence-corrected chi connectivity index (χ1v) is 3.15. The molecule has 0 aliphatic carbocycles. The molecule has 0 saturated carbocycles. The van der Waals surface area contributed by atoms with Crippen molar-refractivity contribution in [1.29, 1.82) is 0 Å². The Bertz CT molecular complexity index is 349. The van der Waals surface area contributed by atoms with Gasteiger partial charge in [-0.2, -0.15) is 0 Å². The van der Waals surface area contributed by atoms with Crippen molar-refractivity contribution in [2.24, 2.45) is 0 Å². The highest BCUT2D eigenvalue weighted by atomic mass is 14.8. The summed E-state index contributed by atoms with van der Waals surface area (Å²) in [6.07, 6.45) is 1.84. The molecule has 2 heteroatoms. The lowest BCUT2D eigenvalue weighted by molar-refractivity contribution is 1.33. The van der Waals surface area contributed by atoms with E-state index in [2.05, 4.69) is 4.98 Å². The van der Waals surface area contributed by atoms with E-state index in [1.165, 1.54) is 0 Å². The van der Waals surface area contributed by atoms with Gasteiger partial charge in [0, 0.05) is 17.0 Å². The Balaban J connectivity index is 2.93. The standard InChI is InChI=1S/C8H7N2/c9-8-7-4-2-1-3-6(7)5-10-8/h1-5,9-10H. The van der Waals surface area contributed by atoms with Crippen LogP contribution in [0.4, 0.5) is 5.82 Å². The summed E-state index contributed by atoms with van der Waals surface area (Å²) in [6, 6.07) is 7.84. The monoisotopic (exact) mass is 131 g/mol. The smallest absolute Gasteiger partial charge is 0.130 e. The van der Waals surface area contributed by atoms with Crippen molar-refractivity contribution in [3.8, 4) is 0 Å². The van der Waals surface area contributed by atoms with Gasteiger partial charge >= 0.3 is 0 Å². The molecule has 0 bridgehead atoms. The van der Waals surface area contributed by atoms with Crippen LogP contribution in [0.3, 0.4) is 0 Å². The van der Waals surface area contributed by atoms with E-state index in [0.717, 1.165) is 10.8 Å². The summed E-state index contributed by atoms with van der Waals surface area (Å²) in [5.41, 5.74) is 7.39. The fraction of sp³-hybridized carbons (Fsp3) is 0. The van der Waals surface area contributed by atoms with Gasteiger partial charge in [0.15, 0.2) is 0 Å². The van der Waals surface area contributed by atoms with Crippen molar-refractivity contribution in [3.05, 3.63) is 30.5 Å². The summed E-state index contributed by atoms with van der Waals surface area (Å²) in [7, 11) is 0. The molecule has 2 nitrogen and oxygen atoms in total. The molecule has 2 aromatic rings. The molecule has 0 aliphatic rings. The topological polar surface area (TPSA) is 39.6 Å². The summed E-state index contributed by atoms with van der Waals surface area (Å²) in [5, 5.41) is 2.09. The van der Waals surface area contributed by atoms with Crippen LogP contribution >= 0.6 is 0 Å². The van der Waals surface area contributed by atoms with Crippen LogP contribution in [0.2, 0.25) is 0 Å². The van der Waals surface area contributed by atoms with Crippen molar-refractivity contribution in [1.82, 2.24) is 10.7 Å². The van der Waals surface area contributed by atoms with Gasteiger partial charge in [0.05, 0.1) is 0 Å². The van der Waals surface area contributed by atoms with Gasteiger partial charge in [-0.25, -0.2) is 0 Å². The van der Waals surface area contributed by atoms with Crippen LogP contribution in [0.25, 0.3) is 10.8 Å². The molecule has 1 aromatic carbocycles. The van der Waals surface area contributed by atoms with Crippen LogP contribution in [-0.4, -0.2) is 4.98 Å². The zero-order valence-electron chi connectivity index (χ0n) is 5.39. The van der Waals surface area contributed by atoms with E-state index in [9.17, 15) is 0 Å². The van der Waals surface area contributed by atoms with Crippen LogP contribution in [0, 0.1) is 0 Å². The lowest BCUT2D eigenvalue weighted by Gasteiger charge is -1.85. The predicted molar refractivity (Wildman–Crippen MR) is 41.1 cm³/mol. The molecule has 2 rings (SSSR count). The van der Waals surface area contributed by atoms with E-state index < -0.39 is 0 Å². The molecule has 10 heavy (non-hydrogen) atoms. The maximum absolute atomic E-state index is 7.39. The maximum atomic E-state index is 7.39. The van der Waals surface area contributed by atoms with Gasteiger partial charge in [-0.05, 0) is 0 Å². The van der Waals surface area contributed by atoms with E-state index in [4.69, 9.17) is 5.73 Å². The Hall–Kier alpha value is -1.44. The van der Waals surface area contributed by atoms with Crippen LogP contribution in [0.15, 0.2) is 30.5 Å². The van der Waals surface area contributed by atoms with Crippen molar-refractivity contribution in [2.75, 3.05) is 0 Å². The summed E-state index contributed by atoms with van der Waals surface area (Å²) in [5.74, 6) is 0.496. The van der Waals surface area contributed by atoms with Gasteiger partial charge in [0.25, 0.3) is 0 Å². The van der Waals surface area contributed by atoms with Crippen LogP contribution in [0.5, 0.6) is 0 Å². The first-order valence-electron chi connectivity index (χ1n) is 3.15. The highest BCUT2D eigenvalue weighted by Crippen LogP contribution is 2.19. The molecule has 0 atom stereocenters. The minimum atomic E-state index is 0.496. The normalized spacial score (nSPS) is 10.4. The Kier molecular flexibility index (Phi) is 0.947. The lowest BCUT2D eigenvalue weighted by atomic mass is 10.2. The second-order valence-electron chi connectivity index (χ2n) is 2.25. The highest BCUT2D eigenvalue weighted by Gasteiger charge is 1.95. The number of rotatable bonds is 0. The summed E-state index contributed by atoms with van der Waals surface area (Å²) in [4.78, 5) is 2.84. The molecule has 1 heterocycles. The van der Waals surface area contributed by atoms with E-state index in [-0.39, 0.29) is 0 Å². The maximum Gasteiger partial charge on any atom is 0.130 e. The SMILES string of the molecule is [NH]c1[nH]cc2ccccc12. The van der Waals surface area contributed by atoms with E-state index in [0.29, 0.717) is 5.82 Å². The minimum Gasteiger partial charge on any atom is -0.346 e. The third-order valence-corrected chi connectivity index (χ3v) is 1.60. The molecule has 0 aliphatic heterocycles. The third kappa shape index (κ3) is 0.589. The first kappa shape index (κ1) is 5.35. The number of fused-ring (bicyclic) bond motifs is 1. The second kappa shape index (κ2) is 1.77. The van der Waals surface area contributed by atoms with Gasteiger partial charge in [-0.3, -0.25) is 5.73 Å². The van der Waals surface area contributed by atoms with Crippen LogP contribution in [-0.2, 0) is 0 Å². The molecular formula is C8H7N2. The number of aromatic nitrogens is 1. The molecule has 1 radical (unpaired) electrons. The largest absolute Gasteiger partial charge is 0.346 e. The van der Waals surface area contributed by atoms with Crippen LogP contribution < -0.4 is 5.73 Å². The molecule has 0 saturated heterocycles. The lowest BCUT2D eigenvalue weighted by Crippen LogP contribution is -1.65. The zero-order chi connectivity index (χ0) is 6.97. The summed E-state index contributed by atoms with van der Waals surface area (Å²) in [6.45, 7) is 0. The second-order valence-corrected chi connectivity index (χ2v) is 2.25. The molecule has 49 valence electrons. The average Bonchev–Trinajstić information content (AvgIpc) is 2.34. The number of nitrogens with one attached hydrogen (secondary N) is 2. The van der Waals surface area contributed by atoms with Gasteiger partial charge in [0.1, 0.15) is 5.82 Å². The number of hydrogen-bond acceptors (Lipinski definition) is 0. The Morgan fingerprint density at radius 3 is 2.80 bits per heavy atom. The predicted octanol–water partition coefficient (Wildman–Crippen LogP) is 2.08. The van der Waals surface area contributed by atoms with Crippen LogP contribution in [0.1, 0.15) is 0 Å². The zero-order valence-corrected chi connectivity index (χ0v) is 5.39. The number of aromatic amines is 1. The summed E-state index contributed by atoms with van der Waals surface area (Å²) < 4.78 is 0. The molecule has 0 fully saturated rings. The number of benzene rings is 1. The van der Waals surface area contributed by atoms with Gasteiger partial charge in [-0.15, -0.1) is 0 Å². The van der Waals surface area contributed by atoms with E-state index >= 15 is 0 Å². The fourth-order valence-electron chi connectivity index (χ4n) is 1.08. The summed E-state index contributed by atoms with van der Waals surface area (Å²) >= 11 is 0. The number of H-pyrrole nitrogens is 1. The third-order valence-electron chi connectivity index (χ3n) is 1.60. The van der Waals surface area contributed by atoms with Gasteiger partial charge in [0.2, 0.25) is 0 Å². The molecule has 1 aromatic heterocycles. The molecule has 2 N–H and O–H groups in total. The van der Waals surface area contributed by atoms with Gasteiger partial charge < -0.3 is 4.98 Å². The van der Waals surface area contributed by atoms with E-state index in [1.807, 2.05) is 30.5 Å². The van der Waals surface area contributed by atoms with Crippen molar-refractivity contribution in [2.45, 2.75) is 0 Å². The van der Waals surface area contributed by atoms with E-state index in [1.54, 1.807) is 0 Å². The Morgan fingerprint density at radius 2 is 2.00 bits per heavy atom. The molecular weight excluding hydrogens is 124 g/mol. The first-order chi connectivity index (χ1) is 4.88. The number of hydrogen-bond donors (Lipinski definition) is 1. The van der Waals surface area contributed by atoms with Gasteiger partial charge in [-0.1, -0.05) is 24.3 Å². The fourth-order valence-corrected chi connectivity index (χ4v) is 1.08. The molecule has 0 spiro atoms. The quantitative estimate of drug-likeness (QED) is 0.568. The molecule has 0 amide bonds. The average molecular weight is 131 g/mol. The highest BCUT2D eigenvalue weighted by molar-refractivity contribution is 5.90.